The van der Waals surface area contributed by atoms with Gasteiger partial charge in [0, 0.05) is 13.5 Å². The molecule has 1 aliphatic heterocycles. The molecule has 1 saturated heterocycles. The smallest absolute Gasteiger partial charge is 0.186 e. The van der Waals surface area contributed by atoms with Gasteiger partial charge in [0.15, 0.2) is 6.29 Å². The molecule has 0 spiro atoms. The lowest BCUT2D eigenvalue weighted by Gasteiger charge is -2.12. The van der Waals surface area contributed by atoms with Crippen LogP contribution in [0.4, 0.5) is 0 Å². The van der Waals surface area contributed by atoms with Crippen LogP contribution in [-0.2, 0) is 14.4 Å². The predicted octanol–water partition coefficient (Wildman–Crippen LogP) is 0.237. The molecule has 9 heavy (non-hydrogen) atoms. The Morgan fingerprint density at radius 3 is 2.89 bits per heavy atom. The predicted molar refractivity (Wildman–Crippen MR) is 28.9 cm³/mol. The molecule has 0 aromatic carbocycles. The van der Waals surface area contributed by atoms with Crippen molar-refractivity contribution in [2.24, 2.45) is 0 Å². The van der Waals surface area contributed by atoms with Gasteiger partial charge in [0.2, 0.25) is 0 Å². The second kappa shape index (κ2) is 3.12. The van der Waals surface area contributed by atoms with Gasteiger partial charge in [-0.05, 0) is 0 Å². The molecule has 2 atom stereocenters. The van der Waals surface area contributed by atoms with Crippen molar-refractivity contribution in [1.29, 1.82) is 0 Å². The van der Waals surface area contributed by atoms with Gasteiger partial charge < -0.3 is 9.47 Å². The lowest BCUT2D eigenvalue weighted by Crippen LogP contribution is -2.24. The Labute approximate surface area is 53.3 Å². The molecule has 0 bridgehead atoms. The van der Waals surface area contributed by atoms with Gasteiger partial charge >= 0.3 is 0 Å². The molecule has 0 aromatic rings. The summed E-state index contributed by atoms with van der Waals surface area (Å²) in [5, 5.41) is 8.21. The number of hydrogen-bond acceptors (Lipinski definition) is 4. The maximum Gasteiger partial charge on any atom is 0.186 e. The van der Waals surface area contributed by atoms with E-state index in [2.05, 4.69) is 4.89 Å². The SMILES string of the molecule is COC1OCCC1OO. The van der Waals surface area contributed by atoms with Crippen LogP contribution in [0.1, 0.15) is 6.42 Å². The number of methoxy groups -OCH3 is 1. The second-order valence-corrected chi connectivity index (χ2v) is 1.91. The molecule has 1 rings (SSSR count). The average Bonchev–Trinajstić information content (AvgIpc) is 2.33. The van der Waals surface area contributed by atoms with Crippen LogP contribution >= 0.6 is 0 Å². The largest absolute Gasteiger partial charge is 0.353 e. The van der Waals surface area contributed by atoms with Gasteiger partial charge in [0.1, 0.15) is 6.10 Å². The molecule has 0 aliphatic carbocycles. The topological polar surface area (TPSA) is 47.9 Å². The van der Waals surface area contributed by atoms with Crippen molar-refractivity contribution in [3.05, 3.63) is 0 Å². The van der Waals surface area contributed by atoms with Crippen molar-refractivity contribution in [3.8, 4) is 0 Å². The lowest BCUT2D eigenvalue weighted by molar-refractivity contribution is -0.309. The summed E-state index contributed by atoms with van der Waals surface area (Å²) in [6.45, 7) is 0.587. The van der Waals surface area contributed by atoms with Crippen molar-refractivity contribution < 1.29 is 19.6 Å². The van der Waals surface area contributed by atoms with Crippen LogP contribution in [0, 0.1) is 0 Å². The molecule has 2 unspecified atom stereocenters. The van der Waals surface area contributed by atoms with Gasteiger partial charge in [0.05, 0.1) is 6.61 Å². The van der Waals surface area contributed by atoms with E-state index >= 15 is 0 Å². The van der Waals surface area contributed by atoms with Crippen molar-refractivity contribution in [3.63, 3.8) is 0 Å². The maximum atomic E-state index is 8.21. The first-order chi connectivity index (χ1) is 4.38. The van der Waals surface area contributed by atoms with Gasteiger partial charge in [-0.15, -0.1) is 0 Å². The minimum absolute atomic E-state index is 0.310. The summed E-state index contributed by atoms with van der Waals surface area (Å²) in [6, 6.07) is 0. The number of hydrogen-bond donors (Lipinski definition) is 1. The van der Waals surface area contributed by atoms with E-state index in [1.807, 2.05) is 0 Å². The Morgan fingerprint density at radius 2 is 2.44 bits per heavy atom. The van der Waals surface area contributed by atoms with Crippen LogP contribution in [0.5, 0.6) is 0 Å². The molecule has 4 heteroatoms. The highest BCUT2D eigenvalue weighted by molar-refractivity contribution is 4.67. The van der Waals surface area contributed by atoms with Crippen molar-refractivity contribution in [2.75, 3.05) is 13.7 Å². The summed E-state index contributed by atoms with van der Waals surface area (Å²) in [4.78, 5) is 4.06. The van der Waals surface area contributed by atoms with Crippen molar-refractivity contribution in [1.82, 2.24) is 0 Å². The summed E-state index contributed by atoms with van der Waals surface area (Å²) < 4.78 is 9.81. The summed E-state index contributed by atoms with van der Waals surface area (Å²) in [6.07, 6.45) is -0.0142. The fraction of sp³-hybridized carbons (Fsp3) is 1.00. The van der Waals surface area contributed by atoms with Crippen molar-refractivity contribution in [2.45, 2.75) is 18.8 Å². The van der Waals surface area contributed by atoms with E-state index in [9.17, 15) is 0 Å². The minimum Gasteiger partial charge on any atom is -0.353 e. The highest BCUT2D eigenvalue weighted by Gasteiger charge is 2.28. The number of ether oxygens (including phenoxy) is 2. The molecule has 1 aliphatic rings. The molecule has 54 valence electrons. The van der Waals surface area contributed by atoms with Gasteiger partial charge in [0.25, 0.3) is 0 Å². The van der Waals surface area contributed by atoms with Crippen molar-refractivity contribution >= 4 is 0 Å². The summed E-state index contributed by atoms with van der Waals surface area (Å²) >= 11 is 0. The first-order valence-electron chi connectivity index (χ1n) is 2.83. The fourth-order valence-electron chi connectivity index (χ4n) is 0.866. The van der Waals surface area contributed by atoms with E-state index in [-0.39, 0.29) is 6.10 Å². The Balaban J connectivity index is 2.32. The third kappa shape index (κ3) is 1.40. The van der Waals surface area contributed by atoms with E-state index in [1.165, 1.54) is 7.11 Å². The standard InChI is InChI=1S/C5H10O4/c1-7-5-4(9-6)2-3-8-5/h4-6H,2-3H2,1H3. The zero-order chi connectivity index (χ0) is 6.69. The molecule has 1 fully saturated rings. The Bertz CT molecular complexity index is 75.0. The number of rotatable bonds is 2. The maximum absolute atomic E-state index is 8.21. The van der Waals surface area contributed by atoms with E-state index in [1.54, 1.807) is 0 Å². The van der Waals surface area contributed by atoms with Crippen LogP contribution in [0.3, 0.4) is 0 Å². The third-order valence-electron chi connectivity index (χ3n) is 1.36. The van der Waals surface area contributed by atoms with Gasteiger partial charge in [-0.1, -0.05) is 0 Å². The van der Waals surface area contributed by atoms with E-state index < -0.39 is 6.29 Å². The quantitative estimate of drug-likeness (QED) is 0.434. The molecular weight excluding hydrogens is 124 g/mol. The van der Waals surface area contributed by atoms with Crippen LogP contribution < -0.4 is 0 Å². The fourth-order valence-corrected chi connectivity index (χ4v) is 0.866. The van der Waals surface area contributed by atoms with Gasteiger partial charge in [-0.2, -0.15) is 0 Å². The minimum atomic E-state index is -0.394. The Morgan fingerprint density at radius 1 is 1.67 bits per heavy atom. The molecule has 4 nitrogen and oxygen atoms in total. The zero-order valence-electron chi connectivity index (χ0n) is 5.24. The first kappa shape index (κ1) is 6.95. The van der Waals surface area contributed by atoms with Gasteiger partial charge in [-0.25, -0.2) is 4.89 Å². The molecule has 1 N–H and O–H groups in total. The molecule has 0 radical (unpaired) electrons. The van der Waals surface area contributed by atoms with E-state index in [0.717, 1.165) is 0 Å². The summed E-state index contributed by atoms with van der Waals surface area (Å²) in [5.74, 6) is 0. The second-order valence-electron chi connectivity index (χ2n) is 1.91. The molecule has 0 aromatic heterocycles. The lowest BCUT2D eigenvalue weighted by atomic mass is 10.3. The van der Waals surface area contributed by atoms with Crippen LogP contribution in [0.15, 0.2) is 0 Å². The van der Waals surface area contributed by atoms with Crippen LogP contribution in [-0.4, -0.2) is 31.4 Å². The van der Waals surface area contributed by atoms with Crippen LogP contribution in [0.2, 0.25) is 0 Å². The highest BCUT2D eigenvalue weighted by atomic mass is 17.1. The Hall–Kier alpha value is -0.160. The van der Waals surface area contributed by atoms with Gasteiger partial charge in [-0.3, -0.25) is 5.26 Å². The summed E-state index contributed by atoms with van der Waals surface area (Å²) in [7, 11) is 1.52. The van der Waals surface area contributed by atoms with Crippen LogP contribution in [0.25, 0.3) is 0 Å². The molecular formula is C5H10O4. The average molecular weight is 134 g/mol. The third-order valence-corrected chi connectivity index (χ3v) is 1.36. The van der Waals surface area contributed by atoms with E-state index in [4.69, 9.17) is 14.7 Å². The monoisotopic (exact) mass is 134 g/mol. The Kier molecular flexibility index (Phi) is 2.41. The normalized spacial score (nSPS) is 35.3. The molecule has 0 saturated carbocycles. The highest BCUT2D eigenvalue weighted by Crippen LogP contribution is 2.15. The molecule has 1 heterocycles. The summed E-state index contributed by atoms with van der Waals surface area (Å²) in [5.41, 5.74) is 0. The first-order valence-corrected chi connectivity index (χ1v) is 2.83. The molecule has 0 amide bonds. The zero-order valence-corrected chi connectivity index (χ0v) is 5.24. The van der Waals surface area contributed by atoms with E-state index in [0.29, 0.717) is 13.0 Å².